The summed E-state index contributed by atoms with van der Waals surface area (Å²) in [6, 6.07) is 3.86. The summed E-state index contributed by atoms with van der Waals surface area (Å²) < 4.78 is 0. The SMILES string of the molecule is CCc1[nH]nc(C(=O)NN=Cc2cccs2)c1C. The topological polar surface area (TPSA) is 70.1 Å². The Balaban J connectivity index is 2.01. The molecule has 0 spiro atoms. The number of H-pyrrole nitrogens is 1. The molecule has 2 N–H and O–H groups in total. The number of thiophene rings is 1. The molecule has 18 heavy (non-hydrogen) atoms. The highest BCUT2D eigenvalue weighted by Crippen LogP contribution is 2.10. The lowest BCUT2D eigenvalue weighted by Gasteiger charge is -1.97. The molecule has 2 aromatic rings. The van der Waals surface area contributed by atoms with Crippen LogP contribution < -0.4 is 5.43 Å². The first-order valence-electron chi connectivity index (χ1n) is 5.63. The zero-order valence-corrected chi connectivity index (χ0v) is 11.0. The average molecular weight is 262 g/mol. The molecule has 0 bridgehead atoms. The van der Waals surface area contributed by atoms with Crippen molar-refractivity contribution in [1.82, 2.24) is 15.6 Å². The number of nitrogens with zero attached hydrogens (tertiary/aromatic N) is 2. The molecule has 94 valence electrons. The summed E-state index contributed by atoms with van der Waals surface area (Å²) >= 11 is 1.56. The van der Waals surface area contributed by atoms with Crippen LogP contribution in [0.3, 0.4) is 0 Å². The fourth-order valence-corrected chi connectivity index (χ4v) is 2.16. The number of hydrogen-bond acceptors (Lipinski definition) is 4. The average Bonchev–Trinajstić information content (AvgIpc) is 2.98. The molecule has 2 heterocycles. The van der Waals surface area contributed by atoms with Crippen LogP contribution in [-0.4, -0.2) is 22.3 Å². The van der Waals surface area contributed by atoms with Gasteiger partial charge in [0.15, 0.2) is 5.69 Å². The van der Waals surface area contributed by atoms with Crippen molar-refractivity contribution in [1.29, 1.82) is 0 Å². The highest BCUT2D eigenvalue weighted by Gasteiger charge is 2.14. The van der Waals surface area contributed by atoms with Gasteiger partial charge in [-0.25, -0.2) is 5.43 Å². The van der Waals surface area contributed by atoms with Crippen molar-refractivity contribution in [3.05, 3.63) is 39.3 Å². The minimum Gasteiger partial charge on any atom is -0.282 e. The van der Waals surface area contributed by atoms with E-state index < -0.39 is 0 Å². The molecular weight excluding hydrogens is 248 g/mol. The number of carbonyl (C=O) groups is 1. The minimum absolute atomic E-state index is 0.295. The van der Waals surface area contributed by atoms with Crippen LogP contribution in [0.4, 0.5) is 0 Å². The first kappa shape index (κ1) is 12.5. The van der Waals surface area contributed by atoms with Crippen LogP contribution in [0.15, 0.2) is 22.6 Å². The third-order valence-electron chi connectivity index (χ3n) is 2.58. The molecule has 0 aliphatic rings. The summed E-state index contributed by atoms with van der Waals surface area (Å²) in [5.74, 6) is -0.295. The number of aromatic nitrogens is 2. The van der Waals surface area contributed by atoms with Gasteiger partial charge in [-0.3, -0.25) is 9.89 Å². The predicted octanol–water partition coefficient (Wildman–Crippen LogP) is 2.11. The highest BCUT2D eigenvalue weighted by molar-refractivity contribution is 7.11. The molecule has 0 saturated heterocycles. The van der Waals surface area contributed by atoms with Gasteiger partial charge >= 0.3 is 0 Å². The Labute approximate surface area is 109 Å². The molecule has 2 rings (SSSR count). The molecule has 0 radical (unpaired) electrons. The van der Waals surface area contributed by atoms with E-state index >= 15 is 0 Å². The van der Waals surface area contributed by atoms with E-state index in [0.29, 0.717) is 5.69 Å². The van der Waals surface area contributed by atoms with E-state index in [0.717, 1.165) is 22.6 Å². The molecule has 0 atom stereocenters. The van der Waals surface area contributed by atoms with Crippen LogP contribution in [-0.2, 0) is 6.42 Å². The lowest BCUT2D eigenvalue weighted by molar-refractivity contribution is 0.0949. The van der Waals surface area contributed by atoms with E-state index in [1.807, 2.05) is 31.4 Å². The molecule has 0 fully saturated rings. The van der Waals surface area contributed by atoms with Crippen molar-refractivity contribution in [3.63, 3.8) is 0 Å². The summed E-state index contributed by atoms with van der Waals surface area (Å²) in [6.07, 6.45) is 2.44. The molecule has 6 heteroatoms. The number of hydrazone groups is 1. The van der Waals surface area contributed by atoms with E-state index in [9.17, 15) is 4.79 Å². The number of nitrogens with one attached hydrogen (secondary N) is 2. The first-order valence-corrected chi connectivity index (χ1v) is 6.51. The van der Waals surface area contributed by atoms with E-state index in [1.54, 1.807) is 17.6 Å². The zero-order chi connectivity index (χ0) is 13.0. The van der Waals surface area contributed by atoms with E-state index in [-0.39, 0.29) is 5.91 Å². The van der Waals surface area contributed by atoms with Crippen molar-refractivity contribution >= 4 is 23.5 Å². The van der Waals surface area contributed by atoms with Crippen LogP contribution >= 0.6 is 11.3 Å². The maximum atomic E-state index is 11.8. The van der Waals surface area contributed by atoms with Crippen LogP contribution in [0.25, 0.3) is 0 Å². The Morgan fingerprint density at radius 1 is 1.67 bits per heavy atom. The number of aryl methyl sites for hydroxylation is 1. The lowest BCUT2D eigenvalue weighted by atomic mass is 10.1. The van der Waals surface area contributed by atoms with Crippen molar-refractivity contribution in [3.8, 4) is 0 Å². The van der Waals surface area contributed by atoms with Gasteiger partial charge in [-0.2, -0.15) is 10.2 Å². The number of hydrogen-bond donors (Lipinski definition) is 2. The smallest absolute Gasteiger partial charge is 0.282 e. The maximum Gasteiger partial charge on any atom is 0.292 e. The van der Waals surface area contributed by atoms with Gasteiger partial charge in [0.05, 0.1) is 6.21 Å². The Hall–Kier alpha value is -1.95. The third-order valence-corrected chi connectivity index (χ3v) is 3.39. The molecule has 0 aromatic carbocycles. The Kier molecular flexibility index (Phi) is 3.88. The van der Waals surface area contributed by atoms with Crippen LogP contribution in [0.2, 0.25) is 0 Å². The standard InChI is InChI=1S/C12H14N4OS/c1-3-10-8(2)11(15-14-10)12(17)16-13-7-9-5-4-6-18-9/h4-7H,3H2,1-2H3,(H,14,15)(H,16,17). The largest absolute Gasteiger partial charge is 0.292 e. The van der Waals surface area contributed by atoms with Crippen LogP contribution in [0.5, 0.6) is 0 Å². The number of carbonyl (C=O) groups excluding carboxylic acids is 1. The van der Waals surface area contributed by atoms with Crippen molar-refractivity contribution in [2.24, 2.45) is 5.10 Å². The van der Waals surface area contributed by atoms with Gasteiger partial charge in [0, 0.05) is 16.1 Å². The molecule has 0 saturated carbocycles. The quantitative estimate of drug-likeness (QED) is 0.654. The fourth-order valence-electron chi connectivity index (χ4n) is 1.57. The molecular formula is C12H14N4OS. The number of aromatic amines is 1. The van der Waals surface area contributed by atoms with E-state index in [4.69, 9.17) is 0 Å². The van der Waals surface area contributed by atoms with E-state index in [2.05, 4.69) is 20.7 Å². The second kappa shape index (κ2) is 5.59. The number of rotatable bonds is 4. The van der Waals surface area contributed by atoms with Crippen molar-refractivity contribution in [2.45, 2.75) is 20.3 Å². The molecule has 1 amide bonds. The van der Waals surface area contributed by atoms with Gasteiger partial charge in [-0.1, -0.05) is 13.0 Å². The van der Waals surface area contributed by atoms with Crippen molar-refractivity contribution in [2.75, 3.05) is 0 Å². The van der Waals surface area contributed by atoms with E-state index in [1.165, 1.54) is 0 Å². The third kappa shape index (κ3) is 2.65. The Morgan fingerprint density at radius 3 is 3.11 bits per heavy atom. The molecule has 2 aromatic heterocycles. The second-order valence-electron chi connectivity index (χ2n) is 3.74. The molecule has 0 aliphatic heterocycles. The molecule has 0 aliphatic carbocycles. The van der Waals surface area contributed by atoms with Gasteiger partial charge in [0.1, 0.15) is 0 Å². The minimum atomic E-state index is -0.295. The van der Waals surface area contributed by atoms with Gasteiger partial charge in [-0.05, 0) is 24.8 Å². The summed E-state index contributed by atoms with van der Waals surface area (Å²) in [5, 5.41) is 12.7. The Morgan fingerprint density at radius 2 is 2.50 bits per heavy atom. The zero-order valence-electron chi connectivity index (χ0n) is 10.2. The first-order chi connectivity index (χ1) is 8.72. The number of amides is 1. The molecule has 5 nitrogen and oxygen atoms in total. The van der Waals surface area contributed by atoms with Gasteiger partial charge in [0.25, 0.3) is 5.91 Å². The summed E-state index contributed by atoms with van der Waals surface area (Å²) in [7, 11) is 0. The lowest BCUT2D eigenvalue weighted by Crippen LogP contribution is -2.19. The maximum absolute atomic E-state index is 11.8. The monoisotopic (exact) mass is 262 g/mol. The fraction of sp³-hybridized carbons (Fsp3) is 0.250. The summed E-state index contributed by atoms with van der Waals surface area (Å²) in [5.41, 5.74) is 4.72. The second-order valence-corrected chi connectivity index (χ2v) is 4.72. The van der Waals surface area contributed by atoms with Gasteiger partial charge < -0.3 is 0 Å². The normalized spacial score (nSPS) is 11.0. The Bertz CT molecular complexity index is 557. The van der Waals surface area contributed by atoms with Gasteiger partial charge in [0.2, 0.25) is 0 Å². The summed E-state index contributed by atoms with van der Waals surface area (Å²) in [4.78, 5) is 12.8. The summed E-state index contributed by atoms with van der Waals surface area (Å²) in [6.45, 7) is 3.89. The van der Waals surface area contributed by atoms with Crippen molar-refractivity contribution < 1.29 is 4.79 Å². The van der Waals surface area contributed by atoms with Gasteiger partial charge in [-0.15, -0.1) is 11.3 Å². The predicted molar refractivity (Wildman–Crippen MR) is 72.1 cm³/mol. The van der Waals surface area contributed by atoms with Crippen LogP contribution in [0.1, 0.15) is 33.5 Å². The molecule has 0 unspecified atom stereocenters. The van der Waals surface area contributed by atoms with Crippen LogP contribution in [0, 0.1) is 6.92 Å². The highest BCUT2D eigenvalue weighted by atomic mass is 32.1.